The molecule has 0 atom stereocenters. The highest BCUT2D eigenvalue weighted by Crippen LogP contribution is 2.33. The van der Waals surface area contributed by atoms with Crippen molar-refractivity contribution in [3.05, 3.63) is 154 Å². The summed E-state index contributed by atoms with van der Waals surface area (Å²) < 4.78 is 96.5. The Kier molecular flexibility index (Phi) is 14.3. The summed E-state index contributed by atoms with van der Waals surface area (Å²) in [6, 6.07) is 27.8. The number of aryl methyl sites for hydroxylation is 2. The maximum Gasteiger partial charge on any atom is 0.573 e. The van der Waals surface area contributed by atoms with Gasteiger partial charge in [0.1, 0.15) is 40.3 Å². The molecule has 2 N–H and O–H groups in total. The third kappa shape index (κ3) is 12.6. The van der Waals surface area contributed by atoms with Gasteiger partial charge in [-0.3, -0.25) is 9.20 Å². The number of pyridine rings is 1. The van der Waals surface area contributed by atoms with Gasteiger partial charge in [0, 0.05) is 49.5 Å². The first kappa shape index (κ1) is 46.4. The van der Waals surface area contributed by atoms with E-state index < -0.39 is 12.7 Å². The maximum absolute atomic E-state index is 13.3. The molecule has 4 aromatic carbocycles. The standard InChI is InChI=1S/C29H28ClF3N4O2.C18H15F4N3O/c1-2-25-27(37-18-22(30)7-12-26(37)35-25)28(38)34-17-19-3-8-23(9-4-19)36-15-13-21(14-16-36)20-5-10-24(11-6-20)39-29(31,32)33;1-11-24-16-10-13(19)4-7-15(16)17(25-11)23-9-8-12-2-5-14(6-3-12)26-18(20,21)22/h3-12,18,21H,2,13-17H2,1H3,(H,34,38);2-7,10H,8-9H2,1H3,(H,23,24,25). The average Bonchev–Trinajstić information content (AvgIpc) is 3.63. The van der Waals surface area contributed by atoms with E-state index in [1.807, 2.05) is 19.1 Å². The first-order valence-corrected chi connectivity index (χ1v) is 21.0. The van der Waals surface area contributed by atoms with Crippen LogP contribution in [-0.4, -0.2) is 57.6 Å². The number of hydrogen-bond donors (Lipinski definition) is 2. The Bertz CT molecular complexity index is 2720. The first-order chi connectivity index (χ1) is 31.0. The lowest BCUT2D eigenvalue weighted by Gasteiger charge is -2.34. The SMILES string of the molecule is CCc1nc2ccc(Cl)cn2c1C(=O)NCc1ccc(N2CCC(c3ccc(OC(F)(F)F)cc3)CC2)cc1.Cc1nc(NCCc2ccc(OC(F)(F)F)cc2)c2ccc(F)cc2n1. The van der Waals surface area contributed by atoms with E-state index in [0.717, 1.165) is 54.0 Å². The van der Waals surface area contributed by atoms with E-state index in [1.165, 1.54) is 36.4 Å². The van der Waals surface area contributed by atoms with Gasteiger partial charge in [0.05, 0.1) is 16.2 Å². The second-order valence-corrected chi connectivity index (χ2v) is 15.6. The first-order valence-electron chi connectivity index (χ1n) is 20.7. The van der Waals surface area contributed by atoms with E-state index in [2.05, 4.69) is 52.1 Å². The Morgan fingerprint density at radius 3 is 2.06 bits per heavy atom. The number of imidazole rings is 1. The second-order valence-electron chi connectivity index (χ2n) is 15.2. The number of amides is 1. The number of halogens is 8. The van der Waals surface area contributed by atoms with Crippen molar-refractivity contribution >= 4 is 45.6 Å². The van der Waals surface area contributed by atoms with Gasteiger partial charge < -0.3 is 25.0 Å². The number of hydrogen-bond acceptors (Lipinski definition) is 8. The Labute approximate surface area is 374 Å². The van der Waals surface area contributed by atoms with E-state index in [-0.39, 0.29) is 29.1 Å². The number of carbonyl (C=O) groups excluding carboxylic acids is 1. The van der Waals surface area contributed by atoms with Crippen molar-refractivity contribution in [2.75, 3.05) is 29.9 Å². The smallest absolute Gasteiger partial charge is 0.406 e. The Balaban J connectivity index is 0.000000210. The molecule has 7 aromatic rings. The fourth-order valence-electron chi connectivity index (χ4n) is 7.59. The number of ether oxygens (including phenoxy) is 2. The maximum atomic E-state index is 13.3. The molecule has 10 nitrogen and oxygen atoms in total. The number of aromatic nitrogens is 4. The minimum atomic E-state index is -4.70. The molecule has 1 aliphatic rings. The lowest BCUT2D eigenvalue weighted by atomic mass is 9.89. The van der Waals surface area contributed by atoms with Crippen molar-refractivity contribution in [2.45, 2.75) is 64.7 Å². The zero-order chi connectivity index (χ0) is 46.3. The largest absolute Gasteiger partial charge is 0.573 e. The molecular weight excluding hydrogens is 879 g/mol. The Hall–Kier alpha value is -6.62. The summed E-state index contributed by atoms with van der Waals surface area (Å²) in [6.45, 7) is 6.25. The highest BCUT2D eigenvalue weighted by atomic mass is 35.5. The van der Waals surface area contributed by atoms with Gasteiger partial charge in [-0.25, -0.2) is 19.3 Å². The van der Waals surface area contributed by atoms with Crippen LogP contribution in [0.5, 0.6) is 11.5 Å². The average molecular weight is 922 g/mol. The molecule has 0 aliphatic carbocycles. The van der Waals surface area contributed by atoms with Gasteiger partial charge in [-0.1, -0.05) is 54.9 Å². The van der Waals surface area contributed by atoms with Crippen LogP contribution in [0.15, 0.2) is 109 Å². The quantitative estimate of drug-likeness (QED) is 0.117. The number of benzene rings is 4. The van der Waals surface area contributed by atoms with Crippen molar-refractivity contribution in [1.82, 2.24) is 24.7 Å². The minimum Gasteiger partial charge on any atom is -0.406 e. The predicted octanol–water partition coefficient (Wildman–Crippen LogP) is 11.4. The van der Waals surface area contributed by atoms with Gasteiger partial charge in [-0.2, -0.15) is 0 Å². The van der Waals surface area contributed by atoms with Crippen LogP contribution in [0.1, 0.15) is 64.4 Å². The van der Waals surface area contributed by atoms with Crippen LogP contribution in [0, 0.1) is 12.7 Å². The van der Waals surface area contributed by atoms with Crippen molar-refractivity contribution in [1.29, 1.82) is 0 Å². The summed E-state index contributed by atoms with van der Waals surface area (Å²) in [5.41, 5.74) is 6.35. The molecule has 0 saturated carbocycles. The minimum absolute atomic E-state index is 0.200. The Morgan fingerprint density at radius 2 is 1.43 bits per heavy atom. The van der Waals surface area contributed by atoms with Gasteiger partial charge >= 0.3 is 12.7 Å². The van der Waals surface area contributed by atoms with Crippen LogP contribution in [-0.2, 0) is 19.4 Å². The van der Waals surface area contributed by atoms with Crippen molar-refractivity contribution in [2.24, 2.45) is 0 Å². The number of rotatable bonds is 12. The molecule has 1 aliphatic heterocycles. The van der Waals surface area contributed by atoms with Crippen LogP contribution >= 0.6 is 11.6 Å². The van der Waals surface area contributed by atoms with Gasteiger partial charge in [-0.05, 0) is 116 Å². The van der Waals surface area contributed by atoms with E-state index in [1.54, 1.807) is 60.0 Å². The summed E-state index contributed by atoms with van der Waals surface area (Å²) in [4.78, 5) is 28.4. The van der Waals surface area contributed by atoms with Crippen molar-refractivity contribution in [3.8, 4) is 11.5 Å². The van der Waals surface area contributed by atoms with E-state index in [4.69, 9.17) is 11.6 Å². The second kappa shape index (κ2) is 20.0. The van der Waals surface area contributed by atoms with Crippen molar-refractivity contribution in [3.63, 3.8) is 0 Å². The molecule has 1 fully saturated rings. The topological polar surface area (TPSA) is 106 Å². The lowest BCUT2D eigenvalue weighted by molar-refractivity contribution is -0.275. The molecule has 3 aromatic heterocycles. The predicted molar refractivity (Wildman–Crippen MR) is 234 cm³/mol. The van der Waals surface area contributed by atoms with E-state index in [9.17, 15) is 35.5 Å². The van der Waals surface area contributed by atoms with Gasteiger partial charge in [0.25, 0.3) is 5.91 Å². The molecule has 8 rings (SSSR count). The number of carbonyl (C=O) groups is 1. The number of fused-ring (bicyclic) bond motifs is 2. The summed E-state index contributed by atoms with van der Waals surface area (Å²) in [5.74, 6) is 0.359. The summed E-state index contributed by atoms with van der Waals surface area (Å²) >= 11 is 6.14. The summed E-state index contributed by atoms with van der Waals surface area (Å²) in [7, 11) is 0. The highest BCUT2D eigenvalue weighted by molar-refractivity contribution is 6.30. The summed E-state index contributed by atoms with van der Waals surface area (Å²) in [5, 5.41) is 7.40. The van der Waals surface area contributed by atoms with Crippen molar-refractivity contribution < 1.29 is 45.0 Å². The molecular formula is C47H43ClF7N7O3. The fraction of sp³-hybridized carbons (Fsp3) is 0.277. The molecule has 4 heterocycles. The molecule has 0 spiro atoms. The number of nitrogens with zero attached hydrogens (tertiary/aromatic N) is 5. The van der Waals surface area contributed by atoms with Crippen LogP contribution in [0.4, 0.5) is 42.2 Å². The zero-order valence-electron chi connectivity index (χ0n) is 35.1. The number of anilines is 2. The van der Waals surface area contributed by atoms with Gasteiger partial charge in [0.15, 0.2) is 0 Å². The third-order valence-corrected chi connectivity index (χ3v) is 10.9. The molecule has 1 amide bonds. The monoisotopic (exact) mass is 921 g/mol. The Morgan fingerprint density at radius 1 is 0.800 bits per heavy atom. The lowest BCUT2D eigenvalue weighted by Crippen LogP contribution is -2.32. The van der Waals surface area contributed by atoms with Gasteiger partial charge in [-0.15, -0.1) is 26.3 Å². The normalized spacial score (nSPS) is 13.4. The highest BCUT2D eigenvalue weighted by Gasteiger charge is 2.32. The summed E-state index contributed by atoms with van der Waals surface area (Å²) in [6.07, 6.45) is -4.68. The van der Waals surface area contributed by atoms with Gasteiger partial charge in [0.2, 0.25) is 0 Å². The fourth-order valence-corrected chi connectivity index (χ4v) is 7.76. The molecule has 340 valence electrons. The number of nitrogens with one attached hydrogen (secondary N) is 2. The third-order valence-electron chi connectivity index (χ3n) is 10.7. The number of piperidine rings is 1. The zero-order valence-corrected chi connectivity index (χ0v) is 35.9. The van der Waals surface area contributed by atoms with Crippen LogP contribution < -0.4 is 25.0 Å². The molecule has 18 heteroatoms. The number of alkyl halides is 6. The molecule has 0 radical (unpaired) electrons. The molecule has 0 unspecified atom stereocenters. The van der Waals surface area contributed by atoms with E-state index in [0.29, 0.717) is 64.8 Å². The van der Waals surface area contributed by atoms with Crippen LogP contribution in [0.25, 0.3) is 16.6 Å². The molecule has 0 bridgehead atoms. The molecule has 65 heavy (non-hydrogen) atoms. The van der Waals surface area contributed by atoms with Crippen LogP contribution in [0.2, 0.25) is 5.02 Å². The van der Waals surface area contributed by atoms with Crippen LogP contribution in [0.3, 0.4) is 0 Å². The molecule has 1 saturated heterocycles. The van der Waals surface area contributed by atoms with E-state index >= 15 is 0 Å².